The third kappa shape index (κ3) is 6.13. The van der Waals surface area contributed by atoms with Gasteiger partial charge in [0.25, 0.3) is 5.91 Å². The van der Waals surface area contributed by atoms with Gasteiger partial charge in [0, 0.05) is 13.1 Å². The van der Waals surface area contributed by atoms with Gasteiger partial charge in [0.2, 0.25) is 10.0 Å². The highest BCUT2D eigenvalue weighted by atomic mass is 32.2. The average Bonchev–Trinajstić information content (AvgIpc) is 3.55. The first-order valence-electron chi connectivity index (χ1n) is 12.9. The fourth-order valence-electron chi connectivity index (χ4n) is 5.24. The van der Waals surface area contributed by atoms with Crippen LogP contribution in [0.25, 0.3) is 0 Å². The number of carbonyl (C=O) groups excluding carboxylic acids is 1. The third-order valence-electron chi connectivity index (χ3n) is 7.46. The zero-order valence-corrected chi connectivity index (χ0v) is 21.9. The Morgan fingerprint density at radius 1 is 1.10 bits per heavy atom. The van der Waals surface area contributed by atoms with Crippen LogP contribution in [0.15, 0.2) is 71.3 Å². The molecule has 210 valence electrons. The SMILES string of the molecule is O=C(NC1CCCC1OCc1ccccc1)C1=CC2(CCN(S(=O)(=O)c3cccc(C(F)(F)F)c3)CC2)ON1. The van der Waals surface area contributed by atoms with Crippen molar-refractivity contribution in [2.75, 3.05) is 13.1 Å². The zero-order valence-electron chi connectivity index (χ0n) is 21.1. The number of piperidine rings is 1. The Morgan fingerprint density at radius 2 is 1.85 bits per heavy atom. The molecule has 2 fully saturated rings. The lowest BCUT2D eigenvalue weighted by atomic mass is 9.92. The molecule has 2 aliphatic heterocycles. The molecule has 2 unspecified atom stereocenters. The molecule has 2 heterocycles. The van der Waals surface area contributed by atoms with Crippen molar-refractivity contribution in [2.45, 2.75) is 67.5 Å². The highest BCUT2D eigenvalue weighted by molar-refractivity contribution is 7.89. The fraction of sp³-hybridized carbons (Fsp3) is 0.444. The Labute approximate surface area is 225 Å². The number of ether oxygens (including phenoxy) is 1. The molecule has 0 aromatic heterocycles. The molecule has 1 amide bonds. The summed E-state index contributed by atoms with van der Waals surface area (Å²) in [5.41, 5.74) is 2.09. The van der Waals surface area contributed by atoms with Crippen LogP contribution in [0.2, 0.25) is 0 Å². The quantitative estimate of drug-likeness (QED) is 0.529. The van der Waals surface area contributed by atoms with Crippen molar-refractivity contribution in [3.05, 3.63) is 77.5 Å². The number of sulfonamides is 1. The predicted molar refractivity (Wildman–Crippen MR) is 135 cm³/mol. The second kappa shape index (κ2) is 10.9. The van der Waals surface area contributed by atoms with E-state index in [2.05, 4.69) is 10.8 Å². The largest absolute Gasteiger partial charge is 0.416 e. The number of nitrogens with zero attached hydrogens (tertiary/aromatic N) is 1. The van der Waals surface area contributed by atoms with E-state index in [1.54, 1.807) is 6.08 Å². The summed E-state index contributed by atoms with van der Waals surface area (Å²) in [6.45, 7) is 0.526. The van der Waals surface area contributed by atoms with Gasteiger partial charge in [0.15, 0.2) is 0 Å². The first-order chi connectivity index (χ1) is 18.6. The molecular weight excluding hydrogens is 535 g/mol. The summed E-state index contributed by atoms with van der Waals surface area (Å²) in [6.07, 6.45) is -0.0141. The number of alkyl halides is 3. The van der Waals surface area contributed by atoms with Gasteiger partial charge in [0.1, 0.15) is 11.3 Å². The summed E-state index contributed by atoms with van der Waals surface area (Å²) in [6, 6.07) is 13.4. The normalized spacial score (nSPS) is 23.4. The smallest absolute Gasteiger partial charge is 0.371 e. The number of hydroxylamine groups is 1. The topological polar surface area (TPSA) is 97.0 Å². The summed E-state index contributed by atoms with van der Waals surface area (Å²) in [5.74, 6) is -0.328. The van der Waals surface area contributed by atoms with Gasteiger partial charge in [0.05, 0.1) is 29.2 Å². The van der Waals surface area contributed by atoms with Crippen LogP contribution < -0.4 is 10.8 Å². The fourth-order valence-corrected chi connectivity index (χ4v) is 6.73. The Bertz CT molecular complexity index is 1330. The molecule has 2 atom stereocenters. The van der Waals surface area contributed by atoms with Gasteiger partial charge < -0.3 is 10.1 Å². The van der Waals surface area contributed by atoms with Crippen molar-refractivity contribution in [3.63, 3.8) is 0 Å². The van der Waals surface area contributed by atoms with E-state index in [-0.39, 0.29) is 49.7 Å². The van der Waals surface area contributed by atoms with Crippen molar-refractivity contribution in [3.8, 4) is 0 Å². The first-order valence-corrected chi connectivity index (χ1v) is 14.3. The van der Waals surface area contributed by atoms with E-state index >= 15 is 0 Å². The zero-order chi connectivity index (χ0) is 27.7. The number of halogens is 3. The summed E-state index contributed by atoms with van der Waals surface area (Å²) in [4.78, 5) is 18.3. The minimum atomic E-state index is -4.64. The molecule has 0 bridgehead atoms. The molecule has 2 N–H and O–H groups in total. The van der Waals surface area contributed by atoms with E-state index in [9.17, 15) is 26.4 Å². The van der Waals surface area contributed by atoms with Crippen LogP contribution >= 0.6 is 0 Å². The van der Waals surface area contributed by atoms with E-state index in [0.29, 0.717) is 12.7 Å². The van der Waals surface area contributed by atoms with Gasteiger partial charge in [-0.2, -0.15) is 17.5 Å². The molecule has 12 heteroatoms. The number of amides is 1. The third-order valence-corrected chi connectivity index (χ3v) is 9.35. The van der Waals surface area contributed by atoms with Crippen molar-refractivity contribution in [2.24, 2.45) is 0 Å². The lowest BCUT2D eigenvalue weighted by Gasteiger charge is -2.35. The molecule has 0 radical (unpaired) electrons. The van der Waals surface area contributed by atoms with Crippen LogP contribution in [-0.2, 0) is 37.2 Å². The van der Waals surface area contributed by atoms with Crippen molar-refractivity contribution in [1.29, 1.82) is 0 Å². The van der Waals surface area contributed by atoms with E-state index < -0.39 is 32.3 Å². The minimum Gasteiger partial charge on any atom is -0.371 e. The number of hydrogen-bond acceptors (Lipinski definition) is 6. The van der Waals surface area contributed by atoms with Crippen LogP contribution in [0.3, 0.4) is 0 Å². The summed E-state index contributed by atoms with van der Waals surface area (Å²) in [5, 5.41) is 3.03. The second-order valence-electron chi connectivity index (χ2n) is 10.1. The van der Waals surface area contributed by atoms with Crippen molar-refractivity contribution in [1.82, 2.24) is 15.1 Å². The molecule has 2 aromatic rings. The molecule has 1 spiro atoms. The van der Waals surface area contributed by atoms with Crippen LogP contribution in [0.5, 0.6) is 0 Å². The number of rotatable bonds is 7. The Morgan fingerprint density at radius 3 is 2.56 bits per heavy atom. The molecule has 1 saturated heterocycles. The van der Waals surface area contributed by atoms with Gasteiger partial charge in [-0.1, -0.05) is 36.4 Å². The number of benzene rings is 2. The maximum Gasteiger partial charge on any atom is 0.416 e. The standard InChI is InChI=1S/C27H30F3N3O5S/c28-27(29,30)20-8-4-9-21(16-20)39(35,36)33-14-12-26(13-15-33)17-23(32-38-26)25(34)31-22-10-5-11-24(22)37-18-19-6-2-1-3-7-19/h1-4,6-9,16-17,22,24,32H,5,10-15,18H2,(H,31,34). The first kappa shape index (κ1) is 27.6. The predicted octanol–water partition coefficient (Wildman–Crippen LogP) is 3.90. The summed E-state index contributed by atoms with van der Waals surface area (Å²) >= 11 is 0. The molecule has 1 aliphatic carbocycles. The maximum absolute atomic E-state index is 13.1. The van der Waals surface area contributed by atoms with E-state index in [0.717, 1.165) is 47.3 Å². The van der Waals surface area contributed by atoms with Gasteiger partial charge in [-0.05, 0) is 61.9 Å². The van der Waals surface area contributed by atoms with Gasteiger partial charge in [-0.15, -0.1) is 0 Å². The van der Waals surface area contributed by atoms with Crippen molar-refractivity contribution >= 4 is 15.9 Å². The number of hydrogen-bond donors (Lipinski definition) is 2. The van der Waals surface area contributed by atoms with Crippen LogP contribution in [0.1, 0.15) is 43.2 Å². The van der Waals surface area contributed by atoms with Crippen LogP contribution in [-0.4, -0.2) is 49.5 Å². The molecule has 5 rings (SSSR count). The van der Waals surface area contributed by atoms with Gasteiger partial charge >= 0.3 is 6.18 Å². The second-order valence-corrected chi connectivity index (χ2v) is 12.0. The Kier molecular flexibility index (Phi) is 7.73. The Balaban J connectivity index is 1.18. The minimum absolute atomic E-state index is 0.0314. The number of nitrogens with one attached hydrogen (secondary N) is 2. The van der Waals surface area contributed by atoms with Crippen molar-refractivity contribution < 1.29 is 36.0 Å². The molecule has 1 saturated carbocycles. The number of carbonyl (C=O) groups is 1. The highest BCUT2D eigenvalue weighted by Gasteiger charge is 2.43. The maximum atomic E-state index is 13.1. The van der Waals surface area contributed by atoms with E-state index in [1.165, 1.54) is 0 Å². The van der Waals surface area contributed by atoms with Crippen LogP contribution in [0.4, 0.5) is 13.2 Å². The molecule has 39 heavy (non-hydrogen) atoms. The summed E-state index contributed by atoms with van der Waals surface area (Å²) in [7, 11) is -4.12. The van der Waals surface area contributed by atoms with E-state index in [1.807, 2.05) is 30.3 Å². The van der Waals surface area contributed by atoms with Crippen LogP contribution in [0, 0.1) is 0 Å². The van der Waals surface area contributed by atoms with Gasteiger partial charge in [-0.25, -0.2) is 8.42 Å². The Hall–Kier alpha value is -2.93. The molecule has 8 nitrogen and oxygen atoms in total. The lowest BCUT2D eigenvalue weighted by molar-refractivity contribution is -0.137. The average molecular weight is 566 g/mol. The highest BCUT2D eigenvalue weighted by Crippen LogP contribution is 2.35. The lowest BCUT2D eigenvalue weighted by Crippen LogP contribution is -2.46. The summed E-state index contributed by atoms with van der Waals surface area (Å²) < 4.78 is 72.5. The monoisotopic (exact) mass is 565 g/mol. The molecular formula is C27H30F3N3O5S. The molecule has 3 aliphatic rings. The van der Waals surface area contributed by atoms with Gasteiger partial charge in [-0.3, -0.25) is 15.1 Å². The molecule has 2 aromatic carbocycles. The van der Waals surface area contributed by atoms with E-state index in [4.69, 9.17) is 9.57 Å².